The van der Waals surface area contributed by atoms with Crippen LogP contribution in [0.1, 0.15) is 0 Å². The molecule has 10 heteroatoms. The van der Waals surface area contributed by atoms with E-state index >= 15 is 0 Å². The van der Waals surface area contributed by atoms with E-state index < -0.39 is 0 Å². The Hall–Kier alpha value is -4.54. The number of fused-ring (bicyclic) bond motifs is 2. The number of rotatable bonds is 5. The van der Waals surface area contributed by atoms with Gasteiger partial charge in [0.2, 0.25) is 10.3 Å². The molecule has 0 aliphatic carbocycles. The minimum atomic E-state index is 0.552. The van der Waals surface area contributed by atoms with Gasteiger partial charge in [-0.3, -0.25) is 0 Å². The van der Waals surface area contributed by atoms with Gasteiger partial charge in [0.05, 0.1) is 21.1 Å². The number of azo groups is 2. The number of aromatic nitrogens is 2. The predicted molar refractivity (Wildman–Crippen MR) is 148 cm³/mol. The molecule has 4 N–H and O–H groups in total. The molecular formula is C26H18N8S2. The highest BCUT2D eigenvalue weighted by molar-refractivity contribution is 7.25. The molecule has 0 saturated heterocycles. The van der Waals surface area contributed by atoms with Crippen LogP contribution in [0.2, 0.25) is 0 Å². The summed E-state index contributed by atoms with van der Waals surface area (Å²) in [6.45, 7) is 0. The van der Waals surface area contributed by atoms with Crippen LogP contribution in [0.3, 0.4) is 0 Å². The molecule has 0 aliphatic rings. The van der Waals surface area contributed by atoms with Gasteiger partial charge in [-0.05, 0) is 24.3 Å². The van der Waals surface area contributed by atoms with Gasteiger partial charge in [0.15, 0.2) is 0 Å². The van der Waals surface area contributed by atoms with Crippen LogP contribution in [0.25, 0.3) is 31.3 Å². The van der Waals surface area contributed by atoms with Crippen LogP contribution < -0.4 is 11.5 Å². The van der Waals surface area contributed by atoms with Crippen molar-refractivity contribution in [3.63, 3.8) is 0 Å². The molecule has 0 amide bonds. The van der Waals surface area contributed by atoms with Crippen molar-refractivity contribution < 1.29 is 0 Å². The fourth-order valence-electron chi connectivity index (χ4n) is 3.83. The topological polar surface area (TPSA) is 127 Å². The average molecular weight is 507 g/mol. The van der Waals surface area contributed by atoms with E-state index in [2.05, 4.69) is 30.4 Å². The van der Waals surface area contributed by atoms with Crippen molar-refractivity contribution >= 4 is 77.2 Å². The second-order valence-electron chi connectivity index (χ2n) is 7.85. The maximum Gasteiger partial charge on any atom is 0.230 e. The maximum absolute atomic E-state index is 6.08. The maximum atomic E-state index is 6.08. The fourth-order valence-corrected chi connectivity index (χ4v) is 5.37. The Morgan fingerprint density at radius 2 is 0.917 bits per heavy atom. The van der Waals surface area contributed by atoms with Gasteiger partial charge < -0.3 is 11.5 Å². The van der Waals surface area contributed by atoms with Crippen LogP contribution in [0.15, 0.2) is 106 Å². The minimum absolute atomic E-state index is 0.552. The molecule has 6 aromatic rings. The van der Waals surface area contributed by atoms with E-state index in [1.807, 2.05) is 72.8 Å². The molecule has 0 aliphatic heterocycles. The first-order valence-electron chi connectivity index (χ1n) is 11.0. The summed E-state index contributed by atoms with van der Waals surface area (Å²) < 4.78 is 0. The second-order valence-corrected chi connectivity index (χ2v) is 9.87. The molecule has 0 saturated carbocycles. The van der Waals surface area contributed by atoms with E-state index in [0.29, 0.717) is 21.6 Å². The smallest absolute Gasteiger partial charge is 0.230 e. The molecule has 0 unspecified atom stereocenters. The van der Waals surface area contributed by atoms with Crippen molar-refractivity contribution in [2.75, 3.05) is 11.5 Å². The monoisotopic (exact) mass is 506 g/mol. The second kappa shape index (κ2) is 9.25. The Labute approximate surface area is 213 Å². The highest BCUT2D eigenvalue weighted by Crippen LogP contribution is 2.38. The quantitative estimate of drug-likeness (QED) is 0.179. The average Bonchev–Trinajstić information content (AvgIpc) is 3.58. The lowest BCUT2D eigenvalue weighted by Crippen LogP contribution is -1.86. The van der Waals surface area contributed by atoms with Crippen LogP contribution in [0.4, 0.5) is 33.0 Å². The summed E-state index contributed by atoms with van der Waals surface area (Å²) in [4.78, 5) is 10.7. The molecular weight excluding hydrogens is 488 g/mol. The number of nitrogens with two attached hydrogens (primary N) is 2. The SMILES string of the molecule is Nc1ccc(N=Nc2ncc(-c3cnc(N=Nc4ccc(N)c5ccccc45)s3)s2)c2ccccc12. The lowest BCUT2D eigenvalue weighted by molar-refractivity contribution is 1.20. The summed E-state index contributed by atoms with van der Waals surface area (Å²) >= 11 is 2.87. The summed E-state index contributed by atoms with van der Waals surface area (Å²) in [7, 11) is 0. The number of thiazole rings is 2. The molecule has 0 radical (unpaired) electrons. The summed E-state index contributed by atoms with van der Waals surface area (Å²) in [6, 6.07) is 23.1. The van der Waals surface area contributed by atoms with Crippen molar-refractivity contribution in [2.24, 2.45) is 20.5 Å². The Bertz CT molecular complexity index is 1650. The lowest BCUT2D eigenvalue weighted by Gasteiger charge is -2.03. The molecule has 0 atom stereocenters. The summed E-state index contributed by atoms with van der Waals surface area (Å²) in [5.41, 5.74) is 15.1. The number of benzene rings is 4. The molecule has 36 heavy (non-hydrogen) atoms. The van der Waals surface area contributed by atoms with Crippen molar-refractivity contribution in [3.8, 4) is 9.75 Å². The van der Waals surface area contributed by atoms with Gasteiger partial charge in [-0.1, -0.05) is 71.2 Å². The first kappa shape index (κ1) is 22.0. The first-order valence-corrected chi connectivity index (χ1v) is 12.6. The largest absolute Gasteiger partial charge is 0.398 e. The van der Waals surface area contributed by atoms with Crippen LogP contribution in [0.5, 0.6) is 0 Å². The molecule has 0 spiro atoms. The summed E-state index contributed by atoms with van der Waals surface area (Å²) in [5, 5.41) is 22.4. The molecule has 4 aromatic carbocycles. The van der Waals surface area contributed by atoms with E-state index in [1.54, 1.807) is 12.4 Å². The zero-order chi connectivity index (χ0) is 24.5. The van der Waals surface area contributed by atoms with Crippen LogP contribution in [-0.2, 0) is 0 Å². The van der Waals surface area contributed by atoms with Gasteiger partial charge in [0.1, 0.15) is 0 Å². The molecule has 0 bridgehead atoms. The van der Waals surface area contributed by atoms with Gasteiger partial charge in [-0.2, -0.15) is 0 Å². The highest BCUT2D eigenvalue weighted by atomic mass is 32.1. The normalized spacial score (nSPS) is 11.9. The zero-order valence-corrected chi connectivity index (χ0v) is 20.4. The molecule has 6 rings (SSSR count). The third-order valence-corrected chi connectivity index (χ3v) is 7.54. The van der Waals surface area contributed by atoms with Gasteiger partial charge in [0, 0.05) is 45.3 Å². The lowest BCUT2D eigenvalue weighted by atomic mass is 10.1. The summed E-state index contributed by atoms with van der Waals surface area (Å²) in [6.07, 6.45) is 3.53. The van der Waals surface area contributed by atoms with Gasteiger partial charge in [0.25, 0.3) is 0 Å². The van der Waals surface area contributed by atoms with Crippen molar-refractivity contribution in [1.29, 1.82) is 0 Å². The Morgan fingerprint density at radius 3 is 1.36 bits per heavy atom. The standard InChI is InChI=1S/C26H18N8S2/c27-19-9-11-21(17-7-3-1-5-15(17)19)31-33-25-29-13-23(35-25)24-14-30-26(36-24)34-32-22-12-10-20(28)16-6-2-4-8-18(16)22/h1-14H,27-28H2. The Balaban J connectivity index is 1.22. The molecule has 2 heterocycles. The van der Waals surface area contributed by atoms with Crippen LogP contribution in [0, 0.1) is 0 Å². The van der Waals surface area contributed by atoms with Gasteiger partial charge in [-0.15, -0.1) is 20.5 Å². The van der Waals surface area contributed by atoms with E-state index in [1.165, 1.54) is 22.7 Å². The third kappa shape index (κ3) is 4.19. The number of hydrogen-bond donors (Lipinski definition) is 2. The first-order chi connectivity index (χ1) is 17.7. The number of nitrogen functional groups attached to an aromatic ring is 2. The Kier molecular flexibility index (Phi) is 5.64. The van der Waals surface area contributed by atoms with E-state index in [0.717, 1.165) is 42.7 Å². The van der Waals surface area contributed by atoms with Gasteiger partial charge in [-0.25, -0.2) is 9.97 Å². The van der Waals surface area contributed by atoms with Gasteiger partial charge >= 0.3 is 0 Å². The van der Waals surface area contributed by atoms with E-state index in [-0.39, 0.29) is 0 Å². The van der Waals surface area contributed by atoms with Crippen LogP contribution >= 0.6 is 22.7 Å². The van der Waals surface area contributed by atoms with Crippen molar-refractivity contribution in [3.05, 3.63) is 85.2 Å². The zero-order valence-electron chi connectivity index (χ0n) is 18.7. The van der Waals surface area contributed by atoms with E-state index in [9.17, 15) is 0 Å². The van der Waals surface area contributed by atoms with Crippen LogP contribution in [-0.4, -0.2) is 9.97 Å². The van der Waals surface area contributed by atoms with Crippen molar-refractivity contribution in [2.45, 2.75) is 0 Å². The number of anilines is 2. The van der Waals surface area contributed by atoms with Crippen molar-refractivity contribution in [1.82, 2.24) is 9.97 Å². The van der Waals surface area contributed by atoms with E-state index in [4.69, 9.17) is 11.5 Å². The summed E-state index contributed by atoms with van der Waals surface area (Å²) in [5.74, 6) is 0. The molecule has 0 fully saturated rings. The number of hydrogen-bond acceptors (Lipinski definition) is 10. The predicted octanol–water partition coefficient (Wildman–Crippen LogP) is 8.57. The third-order valence-electron chi connectivity index (χ3n) is 5.59. The molecule has 174 valence electrons. The molecule has 8 nitrogen and oxygen atoms in total. The fraction of sp³-hybridized carbons (Fsp3) is 0. The highest BCUT2D eigenvalue weighted by Gasteiger charge is 2.10. The number of nitrogens with zero attached hydrogens (tertiary/aromatic N) is 6. The molecule has 2 aromatic heterocycles. The minimum Gasteiger partial charge on any atom is -0.398 e. The Morgan fingerprint density at radius 1 is 0.500 bits per heavy atom.